The minimum atomic E-state index is -0.188. The van der Waals surface area contributed by atoms with Gasteiger partial charge in [-0.1, -0.05) is 47.7 Å². The zero-order chi connectivity index (χ0) is 14.7. The molecule has 1 amide bonds. The van der Waals surface area contributed by atoms with E-state index in [4.69, 9.17) is 4.74 Å². The molecule has 3 aromatic rings. The van der Waals surface area contributed by atoms with Crippen LogP contribution >= 0.6 is 11.3 Å². The van der Waals surface area contributed by atoms with Gasteiger partial charge in [-0.15, -0.1) is 10.2 Å². The molecule has 21 heavy (non-hydrogen) atoms. The van der Waals surface area contributed by atoms with Crippen LogP contribution in [0.25, 0.3) is 10.8 Å². The second kappa shape index (κ2) is 5.99. The first kappa shape index (κ1) is 13.7. The van der Waals surface area contributed by atoms with Crippen LogP contribution in [0.2, 0.25) is 0 Å². The largest absolute Gasteiger partial charge is 0.377 e. The number of hydrogen-bond acceptors (Lipinski definition) is 5. The molecular weight excluding hydrogens is 286 g/mol. The van der Waals surface area contributed by atoms with Gasteiger partial charge in [0, 0.05) is 12.7 Å². The van der Waals surface area contributed by atoms with E-state index in [-0.39, 0.29) is 5.91 Å². The second-order valence-corrected chi connectivity index (χ2v) is 5.48. The lowest BCUT2D eigenvalue weighted by molar-refractivity contribution is 0.102. The van der Waals surface area contributed by atoms with Crippen molar-refractivity contribution in [2.75, 3.05) is 12.4 Å². The number of nitrogens with one attached hydrogen (secondary N) is 1. The Kier molecular flexibility index (Phi) is 3.89. The third-order valence-electron chi connectivity index (χ3n) is 2.99. The molecule has 1 aromatic heterocycles. The molecule has 0 spiro atoms. The Hall–Kier alpha value is -2.31. The molecular formula is C15H13N3O2S. The molecule has 5 nitrogen and oxygen atoms in total. The summed E-state index contributed by atoms with van der Waals surface area (Å²) in [5, 5.41) is 13.8. The van der Waals surface area contributed by atoms with Crippen LogP contribution in [0.5, 0.6) is 0 Å². The Balaban J connectivity index is 1.86. The van der Waals surface area contributed by atoms with Crippen molar-refractivity contribution in [2.45, 2.75) is 6.61 Å². The summed E-state index contributed by atoms with van der Waals surface area (Å²) < 4.78 is 4.98. The van der Waals surface area contributed by atoms with Gasteiger partial charge in [0.2, 0.25) is 5.13 Å². The average Bonchev–Trinajstić information content (AvgIpc) is 2.94. The fraction of sp³-hybridized carbons (Fsp3) is 0.133. The monoisotopic (exact) mass is 299 g/mol. The molecule has 0 bridgehead atoms. The molecule has 0 aliphatic rings. The molecule has 3 rings (SSSR count). The highest BCUT2D eigenvalue weighted by Gasteiger charge is 2.12. The number of benzene rings is 2. The molecule has 0 saturated heterocycles. The molecule has 0 saturated carbocycles. The van der Waals surface area contributed by atoms with Crippen LogP contribution < -0.4 is 5.32 Å². The van der Waals surface area contributed by atoms with E-state index in [2.05, 4.69) is 15.5 Å². The molecule has 6 heteroatoms. The summed E-state index contributed by atoms with van der Waals surface area (Å²) in [7, 11) is 1.59. The Bertz CT molecular complexity index is 780. The summed E-state index contributed by atoms with van der Waals surface area (Å²) >= 11 is 1.31. The molecule has 0 aliphatic carbocycles. The number of nitrogens with zero attached hydrogens (tertiary/aromatic N) is 2. The molecule has 1 N–H and O–H groups in total. The number of carbonyl (C=O) groups is 1. The topological polar surface area (TPSA) is 64.1 Å². The van der Waals surface area contributed by atoms with E-state index in [1.54, 1.807) is 13.2 Å². The van der Waals surface area contributed by atoms with E-state index in [9.17, 15) is 4.79 Å². The molecule has 2 aromatic carbocycles. The van der Waals surface area contributed by atoms with Crippen LogP contribution in [0, 0.1) is 0 Å². The number of methoxy groups -OCH3 is 1. The second-order valence-electron chi connectivity index (χ2n) is 4.41. The van der Waals surface area contributed by atoms with Crippen LogP contribution in [-0.2, 0) is 11.3 Å². The van der Waals surface area contributed by atoms with Gasteiger partial charge in [0.1, 0.15) is 11.6 Å². The summed E-state index contributed by atoms with van der Waals surface area (Å²) in [6.45, 7) is 0.391. The summed E-state index contributed by atoms with van der Waals surface area (Å²) in [5.41, 5.74) is 0.622. The van der Waals surface area contributed by atoms with Crippen LogP contribution in [-0.4, -0.2) is 23.2 Å². The van der Waals surface area contributed by atoms with E-state index in [1.807, 2.05) is 36.4 Å². The van der Waals surface area contributed by atoms with E-state index < -0.39 is 0 Å². The Morgan fingerprint density at radius 1 is 1.19 bits per heavy atom. The maximum atomic E-state index is 12.4. The zero-order valence-corrected chi connectivity index (χ0v) is 12.2. The standard InChI is InChI=1S/C15H13N3O2S/c1-20-9-13-17-18-15(21-13)16-14(19)12-8-4-6-10-5-2-3-7-11(10)12/h2-8H,9H2,1H3,(H,16,18,19). The highest BCUT2D eigenvalue weighted by Crippen LogP contribution is 2.21. The average molecular weight is 299 g/mol. The van der Waals surface area contributed by atoms with Crippen molar-refractivity contribution in [3.8, 4) is 0 Å². The number of rotatable bonds is 4. The number of hydrogen-bond donors (Lipinski definition) is 1. The van der Waals surface area contributed by atoms with Gasteiger partial charge in [0.05, 0.1) is 0 Å². The van der Waals surface area contributed by atoms with Gasteiger partial charge in [-0.3, -0.25) is 10.1 Å². The van der Waals surface area contributed by atoms with Crippen molar-refractivity contribution in [3.05, 3.63) is 53.0 Å². The SMILES string of the molecule is COCc1nnc(NC(=O)c2cccc3ccccc23)s1. The number of amides is 1. The lowest BCUT2D eigenvalue weighted by atomic mass is 10.0. The smallest absolute Gasteiger partial charge is 0.258 e. The van der Waals surface area contributed by atoms with E-state index >= 15 is 0 Å². The third kappa shape index (κ3) is 2.91. The number of carbonyl (C=O) groups excluding carboxylic acids is 1. The number of ether oxygens (including phenoxy) is 1. The van der Waals surface area contributed by atoms with Crippen LogP contribution in [0.3, 0.4) is 0 Å². The summed E-state index contributed by atoms with van der Waals surface area (Å²) in [6.07, 6.45) is 0. The fourth-order valence-electron chi connectivity index (χ4n) is 2.07. The van der Waals surface area contributed by atoms with Crippen molar-refractivity contribution in [3.63, 3.8) is 0 Å². The van der Waals surface area contributed by atoms with E-state index in [1.165, 1.54) is 11.3 Å². The minimum Gasteiger partial charge on any atom is -0.377 e. The van der Waals surface area contributed by atoms with Crippen molar-refractivity contribution >= 4 is 33.1 Å². The maximum absolute atomic E-state index is 12.4. The molecule has 106 valence electrons. The van der Waals surface area contributed by atoms with Crippen molar-refractivity contribution in [2.24, 2.45) is 0 Å². The Labute approximate surface area is 125 Å². The van der Waals surface area contributed by atoms with Crippen molar-refractivity contribution < 1.29 is 9.53 Å². The summed E-state index contributed by atoms with van der Waals surface area (Å²) in [6, 6.07) is 13.4. The summed E-state index contributed by atoms with van der Waals surface area (Å²) in [4.78, 5) is 12.4. The van der Waals surface area contributed by atoms with Gasteiger partial charge in [0.15, 0.2) is 0 Å². The van der Waals surface area contributed by atoms with E-state index in [0.29, 0.717) is 17.3 Å². The first-order valence-corrected chi connectivity index (χ1v) is 7.20. The Morgan fingerprint density at radius 2 is 2.00 bits per heavy atom. The first-order valence-electron chi connectivity index (χ1n) is 6.38. The highest BCUT2D eigenvalue weighted by molar-refractivity contribution is 7.15. The molecule has 0 fully saturated rings. The summed E-state index contributed by atoms with van der Waals surface area (Å²) in [5.74, 6) is -0.188. The van der Waals surface area contributed by atoms with Gasteiger partial charge in [0.25, 0.3) is 5.91 Å². The normalized spacial score (nSPS) is 10.7. The van der Waals surface area contributed by atoms with Crippen LogP contribution in [0.4, 0.5) is 5.13 Å². The number of anilines is 1. The zero-order valence-electron chi connectivity index (χ0n) is 11.4. The lowest BCUT2D eigenvalue weighted by Gasteiger charge is -2.05. The molecule has 0 radical (unpaired) electrons. The molecule has 1 heterocycles. The maximum Gasteiger partial charge on any atom is 0.258 e. The van der Waals surface area contributed by atoms with Crippen LogP contribution in [0.15, 0.2) is 42.5 Å². The third-order valence-corrected chi connectivity index (χ3v) is 3.80. The van der Waals surface area contributed by atoms with Gasteiger partial charge in [-0.25, -0.2) is 0 Å². The fourth-order valence-corrected chi connectivity index (χ4v) is 2.78. The minimum absolute atomic E-state index is 0.188. The molecule has 0 unspecified atom stereocenters. The van der Waals surface area contributed by atoms with Crippen molar-refractivity contribution in [1.82, 2.24) is 10.2 Å². The predicted molar refractivity (Wildman–Crippen MR) is 82.5 cm³/mol. The number of fused-ring (bicyclic) bond motifs is 1. The Morgan fingerprint density at radius 3 is 2.86 bits per heavy atom. The van der Waals surface area contributed by atoms with Crippen LogP contribution in [0.1, 0.15) is 15.4 Å². The van der Waals surface area contributed by atoms with Gasteiger partial charge >= 0.3 is 0 Å². The van der Waals surface area contributed by atoms with Gasteiger partial charge in [-0.2, -0.15) is 0 Å². The highest BCUT2D eigenvalue weighted by atomic mass is 32.1. The molecule has 0 atom stereocenters. The first-order chi connectivity index (χ1) is 10.3. The molecule has 0 aliphatic heterocycles. The van der Waals surface area contributed by atoms with Gasteiger partial charge in [-0.05, 0) is 16.8 Å². The predicted octanol–water partition coefficient (Wildman–Crippen LogP) is 3.09. The lowest BCUT2D eigenvalue weighted by Crippen LogP contribution is -2.12. The van der Waals surface area contributed by atoms with Crippen molar-refractivity contribution in [1.29, 1.82) is 0 Å². The van der Waals surface area contributed by atoms with E-state index in [0.717, 1.165) is 15.8 Å². The number of aromatic nitrogens is 2. The quantitative estimate of drug-likeness (QED) is 0.804. The van der Waals surface area contributed by atoms with Gasteiger partial charge < -0.3 is 4.74 Å².